The lowest BCUT2D eigenvalue weighted by Crippen LogP contribution is -2.30. The predicted molar refractivity (Wildman–Crippen MR) is 89.8 cm³/mol. The number of nitrogens with zero attached hydrogens (tertiary/aromatic N) is 1. The lowest BCUT2D eigenvalue weighted by Gasteiger charge is -2.20. The van der Waals surface area contributed by atoms with E-state index >= 15 is 0 Å². The van der Waals surface area contributed by atoms with Crippen molar-refractivity contribution in [1.29, 1.82) is 0 Å². The zero-order valence-electron chi connectivity index (χ0n) is 12.5. The van der Waals surface area contributed by atoms with Crippen LogP contribution in [0.3, 0.4) is 0 Å². The van der Waals surface area contributed by atoms with Crippen molar-refractivity contribution in [2.45, 2.75) is 13.8 Å². The molecule has 1 heterocycles. The number of para-hydroxylation sites is 2. The molecule has 22 heavy (non-hydrogen) atoms. The molecule has 0 spiro atoms. The van der Waals surface area contributed by atoms with E-state index < -0.39 is 0 Å². The van der Waals surface area contributed by atoms with Gasteiger partial charge in [0.2, 0.25) is 0 Å². The molecule has 2 aromatic carbocycles. The molecule has 0 aliphatic carbocycles. The van der Waals surface area contributed by atoms with Crippen molar-refractivity contribution < 1.29 is 9.21 Å². The van der Waals surface area contributed by atoms with Crippen LogP contribution in [0.25, 0.3) is 11.0 Å². The molecule has 0 N–H and O–H groups in total. The third-order valence-corrected chi connectivity index (χ3v) is 4.04. The third kappa shape index (κ3) is 2.38. The lowest BCUT2D eigenvalue weighted by atomic mass is 10.1. The van der Waals surface area contributed by atoms with Gasteiger partial charge in [-0.2, -0.15) is 0 Å². The molecule has 4 heteroatoms. The van der Waals surface area contributed by atoms with Crippen LogP contribution in [0.1, 0.15) is 23.0 Å². The Hall–Kier alpha value is -2.26. The fourth-order valence-electron chi connectivity index (χ4n) is 2.59. The van der Waals surface area contributed by atoms with E-state index in [1.54, 1.807) is 11.0 Å². The molecule has 3 nitrogen and oxygen atoms in total. The van der Waals surface area contributed by atoms with Gasteiger partial charge in [-0.05, 0) is 32.0 Å². The number of carbonyl (C=O) groups excluding carboxylic acids is 1. The van der Waals surface area contributed by atoms with Gasteiger partial charge < -0.3 is 9.32 Å². The van der Waals surface area contributed by atoms with E-state index in [2.05, 4.69) is 0 Å². The second-order valence-electron chi connectivity index (χ2n) is 5.06. The van der Waals surface area contributed by atoms with E-state index in [9.17, 15) is 4.79 Å². The lowest BCUT2D eigenvalue weighted by molar-refractivity contribution is 0.0963. The highest BCUT2D eigenvalue weighted by atomic mass is 35.5. The van der Waals surface area contributed by atoms with Crippen molar-refractivity contribution in [3.63, 3.8) is 0 Å². The second-order valence-corrected chi connectivity index (χ2v) is 5.46. The van der Waals surface area contributed by atoms with E-state index in [-0.39, 0.29) is 5.91 Å². The van der Waals surface area contributed by atoms with E-state index in [1.807, 2.05) is 56.3 Å². The van der Waals surface area contributed by atoms with Crippen molar-refractivity contribution in [1.82, 2.24) is 0 Å². The second kappa shape index (κ2) is 5.85. The number of amides is 1. The molecule has 1 amide bonds. The number of benzene rings is 2. The summed E-state index contributed by atoms with van der Waals surface area (Å²) >= 11 is 6.16. The molecule has 0 fully saturated rings. The van der Waals surface area contributed by atoms with Crippen molar-refractivity contribution in [3.8, 4) is 0 Å². The molecule has 0 saturated heterocycles. The van der Waals surface area contributed by atoms with Gasteiger partial charge in [0, 0.05) is 23.2 Å². The summed E-state index contributed by atoms with van der Waals surface area (Å²) in [6, 6.07) is 15.1. The van der Waals surface area contributed by atoms with Crippen molar-refractivity contribution in [3.05, 3.63) is 64.9 Å². The highest BCUT2D eigenvalue weighted by Crippen LogP contribution is 2.32. The molecular formula is C18H16ClNO2. The molecule has 0 unspecified atom stereocenters. The fraction of sp³-hybridized carbons (Fsp3) is 0.167. The van der Waals surface area contributed by atoms with Crippen molar-refractivity contribution in [2.75, 3.05) is 11.4 Å². The largest absolute Gasteiger partial charge is 0.449 e. The standard InChI is InChI=1S/C18H16ClNO2/c1-3-20(13-8-5-4-6-9-13)18(21)16-12(2)14-10-7-11-15(19)17(14)22-16/h4-11H,3H2,1-2H3. The minimum atomic E-state index is -0.154. The summed E-state index contributed by atoms with van der Waals surface area (Å²) in [6.07, 6.45) is 0. The van der Waals surface area contributed by atoms with Gasteiger partial charge in [-0.25, -0.2) is 0 Å². The maximum Gasteiger partial charge on any atom is 0.294 e. The van der Waals surface area contributed by atoms with Gasteiger partial charge in [0.05, 0.1) is 5.02 Å². The highest BCUT2D eigenvalue weighted by molar-refractivity contribution is 6.35. The summed E-state index contributed by atoms with van der Waals surface area (Å²) in [5.74, 6) is 0.187. The Morgan fingerprint density at radius 1 is 1.14 bits per heavy atom. The molecule has 0 bridgehead atoms. The fourth-order valence-corrected chi connectivity index (χ4v) is 2.80. The van der Waals surface area contributed by atoms with Gasteiger partial charge in [-0.15, -0.1) is 0 Å². The Kier molecular flexibility index (Phi) is 3.90. The first kappa shape index (κ1) is 14.7. The van der Waals surface area contributed by atoms with E-state index in [0.29, 0.717) is 22.9 Å². The Labute approximate surface area is 134 Å². The highest BCUT2D eigenvalue weighted by Gasteiger charge is 2.24. The summed E-state index contributed by atoms with van der Waals surface area (Å²) in [5, 5.41) is 1.39. The van der Waals surface area contributed by atoms with Crippen LogP contribution < -0.4 is 4.90 Å². The monoisotopic (exact) mass is 313 g/mol. The van der Waals surface area contributed by atoms with E-state index in [4.69, 9.17) is 16.0 Å². The van der Waals surface area contributed by atoms with Crippen LogP contribution in [-0.4, -0.2) is 12.5 Å². The van der Waals surface area contributed by atoms with Crippen LogP contribution >= 0.6 is 11.6 Å². The van der Waals surface area contributed by atoms with Gasteiger partial charge in [0.15, 0.2) is 11.3 Å². The number of furan rings is 1. The van der Waals surface area contributed by atoms with Gasteiger partial charge in [0.1, 0.15) is 0 Å². The van der Waals surface area contributed by atoms with Crippen LogP contribution in [0.5, 0.6) is 0 Å². The zero-order chi connectivity index (χ0) is 15.7. The van der Waals surface area contributed by atoms with Gasteiger partial charge in [-0.3, -0.25) is 4.79 Å². The smallest absolute Gasteiger partial charge is 0.294 e. The maximum absolute atomic E-state index is 12.9. The summed E-state index contributed by atoms with van der Waals surface area (Å²) in [4.78, 5) is 14.6. The first-order chi connectivity index (χ1) is 10.6. The Balaban J connectivity index is 2.08. The summed E-state index contributed by atoms with van der Waals surface area (Å²) < 4.78 is 5.77. The summed E-state index contributed by atoms with van der Waals surface area (Å²) in [6.45, 7) is 4.39. The molecule has 0 aliphatic rings. The number of fused-ring (bicyclic) bond motifs is 1. The molecule has 0 saturated carbocycles. The van der Waals surface area contributed by atoms with Crippen LogP contribution in [0.2, 0.25) is 5.02 Å². The molecule has 1 aromatic heterocycles. The maximum atomic E-state index is 12.9. The quantitative estimate of drug-likeness (QED) is 0.677. The Bertz CT molecular complexity index is 824. The molecule has 3 aromatic rings. The van der Waals surface area contributed by atoms with Crippen LogP contribution in [0, 0.1) is 6.92 Å². The van der Waals surface area contributed by atoms with Crippen LogP contribution in [-0.2, 0) is 0 Å². The molecule has 0 atom stereocenters. The number of anilines is 1. The van der Waals surface area contributed by atoms with Gasteiger partial charge >= 0.3 is 0 Å². The Morgan fingerprint density at radius 2 is 1.86 bits per heavy atom. The molecule has 3 rings (SSSR count). The number of rotatable bonds is 3. The number of aryl methyl sites for hydroxylation is 1. The minimum Gasteiger partial charge on any atom is -0.449 e. The summed E-state index contributed by atoms with van der Waals surface area (Å²) in [5.41, 5.74) is 2.23. The van der Waals surface area contributed by atoms with Crippen LogP contribution in [0.15, 0.2) is 52.9 Å². The average Bonchev–Trinajstić information content (AvgIpc) is 2.88. The van der Waals surface area contributed by atoms with Crippen molar-refractivity contribution >= 4 is 34.2 Å². The normalized spacial score (nSPS) is 10.9. The van der Waals surface area contributed by atoms with Gasteiger partial charge in [-0.1, -0.05) is 41.9 Å². The number of hydrogen-bond donors (Lipinski definition) is 0. The predicted octanol–water partition coefficient (Wildman–Crippen LogP) is 5.06. The van der Waals surface area contributed by atoms with Crippen LogP contribution in [0.4, 0.5) is 5.69 Å². The first-order valence-electron chi connectivity index (χ1n) is 7.18. The number of halogens is 1. The minimum absolute atomic E-state index is 0.154. The van der Waals surface area contributed by atoms with E-state index in [1.165, 1.54) is 0 Å². The number of hydrogen-bond acceptors (Lipinski definition) is 2. The first-order valence-corrected chi connectivity index (χ1v) is 7.55. The third-order valence-electron chi connectivity index (χ3n) is 3.74. The molecule has 0 radical (unpaired) electrons. The molecular weight excluding hydrogens is 298 g/mol. The molecule has 0 aliphatic heterocycles. The Morgan fingerprint density at radius 3 is 2.50 bits per heavy atom. The summed E-state index contributed by atoms with van der Waals surface area (Å²) in [7, 11) is 0. The SMILES string of the molecule is CCN(C(=O)c1oc2c(Cl)cccc2c1C)c1ccccc1. The topological polar surface area (TPSA) is 33.5 Å². The van der Waals surface area contributed by atoms with Crippen molar-refractivity contribution in [2.24, 2.45) is 0 Å². The molecule has 112 valence electrons. The average molecular weight is 314 g/mol. The zero-order valence-corrected chi connectivity index (χ0v) is 13.2. The van der Waals surface area contributed by atoms with Gasteiger partial charge in [0.25, 0.3) is 5.91 Å². The van der Waals surface area contributed by atoms with E-state index in [0.717, 1.165) is 16.6 Å². The number of carbonyl (C=O) groups is 1.